The maximum atomic E-state index is 4.94. The Bertz CT molecular complexity index is 1280. The topological polar surface area (TPSA) is 30.2 Å². The first-order valence-electron chi connectivity index (χ1n) is 8.89. The van der Waals surface area contributed by atoms with Gasteiger partial charge in [0.1, 0.15) is 10.5 Å². The highest BCUT2D eigenvalue weighted by Crippen LogP contribution is 2.55. The Kier molecular flexibility index (Phi) is 2.97. The summed E-state index contributed by atoms with van der Waals surface area (Å²) in [5.74, 6) is 0.721. The lowest BCUT2D eigenvalue weighted by atomic mass is 9.90. The van der Waals surface area contributed by atoms with E-state index in [1.807, 2.05) is 5.51 Å². The predicted octanol–water partition coefficient (Wildman–Crippen LogP) is 4.00. The lowest BCUT2D eigenvalue weighted by Gasteiger charge is -2.16. The van der Waals surface area contributed by atoms with Crippen molar-refractivity contribution in [3.05, 3.63) is 39.8 Å². The first-order valence-corrected chi connectivity index (χ1v) is 9.77. The molecule has 5 rings (SSSR count). The molecule has 1 aromatic carbocycles. The van der Waals surface area contributed by atoms with E-state index in [1.54, 1.807) is 11.3 Å². The molecule has 126 valence electrons. The minimum Gasteiger partial charge on any atom is -0.282 e. The number of fused-ring (bicyclic) bond motifs is 5. The third kappa shape index (κ3) is 1.81. The summed E-state index contributed by atoms with van der Waals surface area (Å²) in [5, 5.41) is 5.11. The Labute approximate surface area is 150 Å². The summed E-state index contributed by atoms with van der Waals surface area (Å²) >= 11 is 1.67. The Morgan fingerprint density at radius 1 is 1.28 bits per heavy atom. The van der Waals surface area contributed by atoms with Crippen LogP contribution in [0.2, 0.25) is 0 Å². The van der Waals surface area contributed by atoms with Crippen LogP contribution in [-0.4, -0.2) is 14.4 Å². The number of hydrogen-bond donors (Lipinski definition) is 0. The summed E-state index contributed by atoms with van der Waals surface area (Å²) in [6.45, 7) is 8.97. The van der Waals surface area contributed by atoms with Crippen molar-refractivity contribution in [1.29, 1.82) is 0 Å². The molecule has 25 heavy (non-hydrogen) atoms. The normalized spacial score (nSPS) is 24.9. The van der Waals surface area contributed by atoms with Crippen LogP contribution in [0.4, 0.5) is 0 Å². The fourth-order valence-corrected chi connectivity index (χ4v) is 5.14. The third-order valence-electron chi connectivity index (χ3n) is 6.09. The predicted molar refractivity (Wildman–Crippen MR) is 107 cm³/mol. The van der Waals surface area contributed by atoms with Crippen LogP contribution >= 0.6 is 11.3 Å². The largest absolute Gasteiger partial charge is 0.282 e. The van der Waals surface area contributed by atoms with Crippen LogP contribution < -0.4 is 10.6 Å². The van der Waals surface area contributed by atoms with E-state index in [1.165, 1.54) is 33.3 Å². The van der Waals surface area contributed by atoms with Crippen molar-refractivity contribution in [3.8, 4) is 0 Å². The average Bonchev–Trinajstić information content (AvgIpc) is 2.96. The highest BCUT2D eigenvalue weighted by Gasteiger charge is 2.48. The van der Waals surface area contributed by atoms with E-state index in [9.17, 15) is 0 Å². The van der Waals surface area contributed by atoms with Gasteiger partial charge in [-0.2, -0.15) is 0 Å². The van der Waals surface area contributed by atoms with Gasteiger partial charge in [0.25, 0.3) is 0 Å². The van der Waals surface area contributed by atoms with Gasteiger partial charge in [-0.1, -0.05) is 44.2 Å². The van der Waals surface area contributed by atoms with E-state index in [2.05, 4.69) is 67.4 Å². The number of aromatic nitrogens is 3. The second-order valence-electron chi connectivity index (χ2n) is 7.38. The van der Waals surface area contributed by atoms with Crippen LogP contribution in [0.1, 0.15) is 39.7 Å². The number of pyridine rings is 1. The van der Waals surface area contributed by atoms with Crippen LogP contribution in [0.25, 0.3) is 39.0 Å². The number of nitrogens with zero attached hydrogens (tertiary/aromatic N) is 3. The van der Waals surface area contributed by atoms with Gasteiger partial charge in [-0.15, -0.1) is 11.3 Å². The van der Waals surface area contributed by atoms with Crippen molar-refractivity contribution in [2.45, 2.75) is 39.5 Å². The molecule has 4 aromatic rings. The molecule has 2 unspecified atom stereocenters. The number of imidazole rings is 1. The summed E-state index contributed by atoms with van der Waals surface area (Å²) in [7, 11) is 0. The van der Waals surface area contributed by atoms with Crippen molar-refractivity contribution in [2.75, 3.05) is 0 Å². The van der Waals surface area contributed by atoms with E-state index in [4.69, 9.17) is 4.98 Å². The van der Waals surface area contributed by atoms with E-state index in [0.29, 0.717) is 0 Å². The fourth-order valence-electron chi connectivity index (χ4n) is 4.39. The van der Waals surface area contributed by atoms with Gasteiger partial charge < -0.3 is 0 Å². The molecule has 0 bridgehead atoms. The molecule has 1 aliphatic carbocycles. The van der Waals surface area contributed by atoms with Crippen LogP contribution in [-0.2, 0) is 5.41 Å². The zero-order valence-corrected chi connectivity index (χ0v) is 15.8. The number of benzene rings is 1. The molecule has 3 heterocycles. The SMILES string of the molecule is C/C=c1\c(=C/C)n2c(nc3ncsc32)c2c(C3(C)CC3C)cccc12. The zero-order chi connectivity index (χ0) is 17.3. The van der Waals surface area contributed by atoms with E-state index >= 15 is 0 Å². The lowest BCUT2D eigenvalue weighted by molar-refractivity contribution is 0.708. The van der Waals surface area contributed by atoms with Gasteiger partial charge in [0.2, 0.25) is 0 Å². The second-order valence-corrected chi connectivity index (χ2v) is 8.21. The van der Waals surface area contributed by atoms with E-state index in [0.717, 1.165) is 22.0 Å². The second kappa shape index (κ2) is 4.92. The molecule has 0 saturated heterocycles. The molecule has 0 N–H and O–H groups in total. The molecule has 0 spiro atoms. The number of rotatable bonds is 1. The van der Waals surface area contributed by atoms with E-state index < -0.39 is 0 Å². The average molecular weight is 347 g/mol. The first kappa shape index (κ1) is 15.1. The zero-order valence-electron chi connectivity index (χ0n) is 15.0. The molecular weight excluding hydrogens is 326 g/mol. The highest BCUT2D eigenvalue weighted by molar-refractivity contribution is 7.16. The molecule has 3 aromatic heterocycles. The van der Waals surface area contributed by atoms with Gasteiger partial charge in [0, 0.05) is 10.6 Å². The Hall–Kier alpha value is -2.20. The number of thiazole rings is 1. The molecule has 0 radical (unpaired) electrons. The van der Waals surface area contributed by atoms with Gasteiger partial charge in [-0.25, -0.2) is 9.97 Å². The van der Waals surface area contributed by atoms with Crippen molar-refractivity contribution in [1.82, 2.24) is 14.4 Å². The van der Waals surface area contributed by atoms with Crippen molar-refractivity contribution in [2.24, 2.45) is 5.92 Å². The van der Waals surface area contributed by atoms with Gasteiger partial charge in [-0.3, -0.25) is 4.40 Å². The summed E-state index contributed by atoms with van der Waals surface area (Å²) < 4.78 is 2.31. The molecule has 0 amide bonds. The fraction of sp³-hybridized carbons (Fsp3) is 0.333. The molecule has 2 atom stereocenters. The van der Waals surface area contributed by atoms with Crippen LogP contribution in [0, 0.1) is 5.92 Å². The van der Waals surface area contributed by atoms with Crippen molar-refractivity contribution >= 4 is 50.4 Å². The minimum atomic E-state index is 0.259. The minimum absolute atomic E-state index is 0.259. The van der Waals surface area contributed by atoms with Gasteiger partial charge in [0.15, 0.2) is 5.65 Å². The van der Waals surface area contributed by atoms with Crippen LogP contribution in [0.3, 0.4) is 0 Å². The quantitative estimate of drug-likeness (QED) is 0.521. The third-order valence-corrected chi connectivity index (χ3v) is 6.89. The molecule has 1 saturated carbocycles. The summed E-state index contributed by atoms with van der Waals surface area (Å²) in [4.78, 5) is 10.6. The number of hydrogen-bond acceptors (Lipinski definition) is 3. The molecule has 1 aliphatic rings. The first-order chi connectivity index (χ1) is 12.1. The molecule has 0 aliphatic heterocycles. The van der Waals surface area contributed by atoms with Gasteiger partial charge in [0.05, 0.1) is 10.9 Å². The monoisotopic (exact) mass is 347 g/mol. The van der Waals surface area contributed by atoms with E-state index in [-0.39, 0.29) is 5.41 Å². The summed E-state index contributed by atoms with van der Waals surface area (Å²) in [5.41, 5.74) is 5.49. The summed E-state index contributed by atoms with van der Waals surface area (Å²) in [6.07, 6.45) is 5.67. The standard InChI is InChI=1S/C21H21N3S/c1-5-13-14-8-7-9-15(21(4)10-12(21)3)17(14)19-23-18-20(25-11-22-18)24(19)16(13)6-2/h5-9,11-12H,10H2,1-4H3/b13-5-,16-6+. The van der Waals surface area contributed by atoms with Gasteiger partial charge >= 0.3 is 0 Å². The Morgan fingerprint density at radius 3 is 2.76 bits per heavy atom. The van der Waals surface area contributed by atoms with Crippen LogP contribution in [0.15, 0.2) is 23.7 Å². The molecular formula is C21H21N3S. The molecule has 4 heteroatoms. The maximum absolute atomic E-state index is 4.94. The highest BCUT2D eigenvalue weighted by atomic mass is 32.1. The van der Waals surface area contributed by atoms with Crippen LogP contribution in [0.5, 0.6) is 0 Å². The molecule has 1 fully saturated rings. The van der Waals surface area contributed by atoms with Gasteiger partial charge in [-0.05, 0) is 42.6 Å². The Balaban J connectivity index is 2.14. The smallest absolute Gasteiger partial charge is 0.190 e. The Morgan fingerprint density at radius 2 is 2.08 bits per heavy atom. The van der Waals surface area contributed by atoms with Crippen molar-refractivity contribution < 1.29 is 0 Å². The molecule has 3 nitrogen and oxygen atoms in total. The maximum Gasteiger partial charge on any atom is 0.190 e. The lowest BCUT2D eigenvalue weighted by Crippen LogP contribution is -2.32. The summed E-state index contributed by atoms with van der Waals surface area (Å²) in [6, 6.07) is 6.75. The van der Waals surface area contributed by atoms with Crippen molar-refractivity contribution in [3.63, 3.8) is 0 Å².